The van der Waals surface area contributed by atoms with Crippen molar-refractivity contribution in [1.82, 2.24) is 10.6 Å². The second-order valence-corrected chi connectivity index (χ2v) is 9.91. The number of imide groups is 1. The Bertz CT molecular complexity index is 1030. The van der Waals surface area contributed by atoms with Gasteiger partial charge in [-0.05, 0) is 75.3 Å². The molecule has 0 bridgehead atoms. The summed E-state index contributed by atoms with van der Waals surface area (Å²) in [6, 6.07) is 16.9. The van der Waals surface area contributed by atoms with E-state index in [1.54, 1.807) is 0 Å². The number of ketones is 1. The predicted molar refractivity (Wildman–Crippen MR) is 129 cm³/mol. The molecule has 1 saturated heterocycles. The fourth-order valence-corrected chi connectivity index (χ4v) is 5.45. The standard InChI is InChI=1S/C15H18N2O2.C13H16O/c1-10-3-2-4-12(9-10)11-5-7-15(8-6-11)13(18)16-14(19)17-15;1-10-3-2-4-12(9-10)11-5-7-13(14)8-6-11/h2-4,9,11H,5-8H2,1H3,(H2,16,17,18,19);2-4,9,11H,5-8H2,1H3. The summed E-state index contributed by atoms with van der Waals surface area (Å²) in [5, 5.41) is 5.15. The summed E-state index contributed by atoms with van der Waals surface area (Å²) in [6.45, 7) is 4.22. The Morgan fingerprint density at radius 2 is 1.27 bits per heavy atom. The van der Waals surface area contributed by atoms with Gasteiger partial charge in [0, 0.05) is 12.8 Å². The number of amides is 3. The van der Waals surface area contributed by atoms with Crippen molar-refractivity contribution in [3.8, 4) is 0 Å². The summed E-state index contributed by atoms with van der Waals surface area (Å²) in [7, 11) is 0. The molecule has 3 amide bonds. The lowest BCUT2D eigenvalue weighted by molar-refractivity contribution is -0.125. The average molecular weight is 447 g/mol. The van der Waals surface area contributed by atoms with Crippen molar-refractivity contribution in [1.29, 1.82) is 0 Å². The maximum atomic E-state index is 11.9. The molecule has 0 atom stereocenters. The van der Waals surface area contributed by atoms with Gasteiger partial charge < -0.3 is 5.32 Å². The van der Waals surface area contributed by atoms with Gasteiger partial charge in [0.25, 0.3) is 5.91 Å². The lowest BCUT2D eigenvalue weighted by atomic mass is 9.74. The Labute approximate surface area is 196 Å². The predicted octanol–water partition coefficient (Wildman–Crippen LogP) is 5.45. The van der Waals surface area contributed by atoms with E-state index in [-0.39, 0.29) is 11.9 Å². The fourth-order valence-electron chi connectivity index (χ4n) is 5.45. The first-order valence-electron chi connectivity index (χ1n) is 12.1. The molecule has 2 aliphatic carbocycles. The molecular weight excluding hydrogens is 412 g/mol. The molecule has 2 aromatic rings. The lowest BCUT2D eigenvalue weighted by Crippen LogP contribution is -2.49. The zero-order valence-corrected chi connectivity index (χ0v) is 19.7. The van der Waals surface area contributed by atoms with Crippen molar-refractivity contribution in [2.24, 2.45) is 0 Å². The van der Waals surface area contributed by atoms with E-state index in [0.29, 0.717) is 17.6 Å². The highest BCUT2D eigenvalue weighted by Crippen LogP contribution is 2.39. The Kier molecular flexibility index (Phi) is 6.96. The van der Waals surface area contributed by atoms with Gasteiger partial charge in [-0.25, -0.2) is 4.79 Å². The molecule has 174 valence electrons. The number of urea groups is 1. The van der Waals surface area contributed by atoms with Gasteiger partial charge in [0.05, 0.1) is 0 Å². The van der Waals surface area contributed by atoms with Gasteiger partial charge in [0.1, 0.15) is 11.3 Å². The molecule has 0 aromatic heterocycles. The zero-order valence-electron chi connectivity index (χ0n) is 19.7. The summed E-state index contributed by atoms with van der Waals surface area (Å²) in [5.74, 6) is 1.40. The smallest absolute Gasteiger partial charge is 0.322 e. The highest BCUT2D eigenvalue weighted by atomic mass is 16.2. The minimum absolute atomic E-state index is 0.153. The van der Waals surface area contributed by atoms with E-state index in [9.17, 15) is 14.4 Å². The number of rotatable bonds is 2. The van der Waals surface area contributed by atoms with Crippen molar-refractivity contribution in [3.05, 3.63) is 70.8 Å². The summed E-state index contributed by atoms with van der Waals surface area (Å²) < 4.78 is 0. The first-order chi connectivity index (χ1) is 15.8. The Morgan fingerprint density at radius 3 is 1.73 bits per heavy atom. The molecular formula is C28H34N2O3. The van der Waals surface area contributed by atoms with Crippen LogP contribution >= 0.6 is 0 Å². The van der Waals surface area contributed by atoms with Gasteiger partial charge >= 0.3 is 6.03 Å². The van der Waals surface area contributed by atoms with Gasteiger partial charge in [0.2, 0.25) is 0 Å². The van der Waals surface area contributed by atoms with E-state index in [4.69, 9.17) is 0 Å². The van der Waals surface area contributed by atoms with Crippen LogP contribution in [0, 0.1) is 13.8 Å². The van der Waals surface area contributed by atoms with Crippen LogP contribution in [0.25, 0.3) is 0 Å². The van der Waals surface area contributed by atoms with E-state index in [2.05, 4.69) is 73.0 Å². The average Bonchev–Trinajstić information content (AvgIpc) is 3.07. The molecule has 3 fully saturated rings. The largest absolute Gasteiger partial charge is 0.323 e. The van der Waals surface area contributed by atoms with Gasteiger partial charge in [-0.15, -0.1) is 0 Å². The number of hydrogen-bond acceptors (Lipinski definition) is 3. The van der Waals surface area contributed by atoms with Gasteiger partial charge in [-0.3, -0.25) is 14.9 Å². The van der Waals surface area contributed by atoms with Crippen LogP contribution in [-0.4, -0.2) is 23.3 Å². The Morgan fingerprint density at radius 1 is 0.758 bits per heavy atom. The number of benzene rings is 2. The Balaban J connectivity index is 0.000000165. The normalized spacial score (nSPS) is 25.3. The summed E-state index contributed by atoms with van der Waals surface area (Å²) >= 11 is 0. The second kappa shape index (κ2) is 9.90. The number of aryl methyl sites for hydroxylation is 2. The van der Waals surface area contributed by atoms with Crippen molar-refractivity contribution < 1.29 is 14.4 Å². The molecule has 5 nitrogen and oxygen atoms in total. The third-order valence-electron chi connectivity index (χ3n) is 7.42. The lowest BCUT2D eigenvalue weighted by Gasteiger charge is -2.34. The molecule has 1 aliphatic heterocycles. The topological polar surface area (TPSA) is 75.3 Å². The fraction of sp³-hybridized carbons (Fsp3) is 0.464. The SMILES string of the molecule is Cc1cccc(C2CCC(=O)CC2)c1.Cc1cccc(C2CCC3(CC2)NC(=O)NC3=O)c1. The third kappa shape index (κ3) is 5.52. The van der Waals surface area contributed by atoms with E-state index in [0.717, 1.165) is 51.4 Å². The molecule has 33 heavy (non-hydrogen) atoms. The first-order valence-corrected chi connectivity index (χ1v) is 12.1. The van der Waals surface area contributed by atoms with Crippen LogP contribution in [0.3, 0.4) is 0 Å². The molecule has 3 aliphatic rings. The number of carbonyl (C=O) groups excluding carboxylic acids is 3. The molecule has 2 N–H and O–H groups in total. The quantitative estimate of drug-likeness (QED) is 0.602. The van der Waals surface area contributed by atoms with Crippen LogP contribution in [0.5, 0.6) is 0 Å². The summed E-state index contributed by atoms with van der Waals surface area (Å²) in [4.78, 5) is 34.3. The maximum Gasteiger partial charge on any atom is 0.322 e. The van der Waals surface area contributed by atoms with Crippen molar-refractivity contribution in [3.63, 3.8) is 0 Å². The van der Waals surface area contributed by atoms with Crippen LogP contribution in [0.2, 0.25) is 0 Å². The van der Waals surface area contributed by atoms with Crippen LogP contribution in [0.4, 0.5) is 4.79 Å². The molecule has 0 unspecified atom stereocenters. The molecule has 2 saturated carbocycles. The summed E-state index contributed by atoms with van der Waals surface area (Å²) in [6.07, 6.45) is 6.97. The van der Waals surface area contributed by atoms with Crippen molar-refractivity contribution in [2.45, 2.75) is 82.6 Å². The molecule has 2 aromatic carbocycles. The van der Waals surface area contributed by atoms with Crippen LogP contribution < -0.4 is 10.6 Å². The maximum absolute atomic E-state index is 11.9. The number of hydrogen-bond donors (Lipinski definition) is 2. The van der Waals surface area contributed by atoms with Crippen LogP contribution in [0.15, 0.2) is 48.5 Å². The highest BCUT2D eigenvalue weighted by Gasteiger charge is 2.48. The number of nitrogens with one attached hydrogen (secondary N) is 2. The van der Waals surface area contributed by atoms with Gasteiger partial charge in [0.15, 0.2) is 0 Å². The zero-order chi connectivity index (χ0) is 23.4. The third-order valence-corrected chi connectivity index (χ3v) is 7.42. The van der Waals surface area contributed by atoms with Crippen LogP contribution in [-0.2, 0) is 9.59 Å². The highest BCUT2D eigenvalue weighted by molar-refractivity contribution is 6.07. The van der Waals surface area contributed by atoms with Crippen molar-refractivity contribution >= 4 is 17.7 Å². The van der Waals surface area contributed by atoms with E-state index < -0.39 is 5.54 Å². The molecule has 5 heteroatoms. The van der Waals surface area contributed by atoms with E-state index in [1.165, 1.54) is 22.3 Å². The van der Waals surface area contributed by atoms with Gasteiger partial charge in [-0.2, -0.15) is 0 Å². The van der Waals surface area contributed by atoms with E-state index in [1.807, 2.05) is 0 Å². The molecule has 0 radical (unpaired) electrons. The van der Waals surface area contributed by atoms with E-state index >= 15 is 0 Å². The monoisotopic (exact) mass is 446 g/mol. The second-order valence-electron chi connectivity index (χ2n) is 9.91. The number of carbonyl (C=O) groups is 3. The molecule has 1 spiro atoms. The molecule has 1 heterocycles. The molecule has 5 rings (SSSR count). The minimum atomic E-state index is -0.641. The van der Waals surface area contributed by atoms with Crippen molar-refractivity contribution in [2.75, 3.05) is 0 Å². The minimum Gasteiger partial charge on any atom is -0.323 e. The summed E-state index contributed by atoms with van der Waals surface area (Å²) in [5.41, 5.74) is 4.71. The van der Waals surface area contributed by atoms with Gasteiger partial charge in [-0.1, -0.05) is 59.7 Å². The Hall–Kier alpha value is -2.95. The number of Topliss-reactive ketones (excluding diaryl/α,β-unsaturated/α-hetero) is 1. The van der Waals surface area contributed by atoms with Crippen LogP contribution in [0.1, 0.15) is 85.5 Å². The first kappa shape index (κ1) is 23.2.